The highest BCUT2D eigenvalue weighted by Gasteiger charge is 2.08. The van der Waals surface area contributed by atoms with Gasteiger partial charge in [0.2, 0.25) is 0 Å². The Morgan fingerprint density at radius 3 is 2.53 bits per heavy atom. The Kier molecular flexibility index (Phi) is 4.27. The third kappa shape index (κ3) is 3.36. The number of nitrogen functional groups attached to an aromatic ring is 1. The normalized spacial score (nSPS) is 10.3. The van der Waals surface area contributed by atoms with Crippen LogP contribution in [0.5, 0.6) is 11.5 Å². The molecule has 0 radical (unpaired) electrons. The van der Waals surface area contributed by atoms with E-state index < -0.39 is 0 Å². The number of ketones is 1. The predicted octanol–water partition coefficient (Wildman–Crippen LogP) is 4.79. The van der Waals surface area contributed by atoms with Crippen molar-refractivity contribution in [3.8, 4) is 11.5 Å². The Bertz CT molecular complexity index is 641. The number of anilines is 1. The molecule has 2 rings (SSSR count). The van der Waals surface area contributed by atoms with Gasteiger partial charge in [-0.25, -0.2) is 0 Å². The molecule has 0 aromatic heterocycles. The lowest BCUT2D eigenvalue weighted by atomic mass is 10.1. The SMILES string of the molecule is CC(=O)c1cc(Oc2ccc(Br)cc2Br)ccc1N. The second-order valence-electron chi connectivity index (χ2n) is 3.98. The third-order valence-corrected chi connectivity index (χ3v) is 3.64. The molecule has 0 aliphatic heterocycles. The summed E-state index contributed by atoms with van der Waals surface area (Å²) in [6, 6.07) is 10.6. The van der Waals surface area contributed by atoms with Crippen molar-refractivity contribution in [2.45, 2.75) is 6.92 Å². The number of carbonyl (C=O) groups is 1. The highest BCUT2D eigenvalue weighted by Crippen LogP contribution is 2.33. The van der Waals surface area contributed by atoms with Crippen LogP contribution < -0.4 is 10.5 Å². The fourth-order valence-electron chi connectivity index (χ4n) is 1.59. The molecule has 0 amide bonds. The molecular formula is C14H11Br2NO2. The molecule has 2 aromatic rings. The van der Waals surface area contributed by atoms with Crippen LogP contribution in [0.3, 0.4) is 0 Å². The number of hydrogen-bond acceptors (Lipinski definition) is 3. The summed E-state index contributed by atoms with van der Waals surface area (Å²) in [5.74, 6) is 1.16. The van der Waals surface area contributed by atoms with Crippen LogP contribution in [0.15, 0.2) is 45.3 Å². The lowest BCUT2D eigenvalue weighted by Gasteiger charge is -2.10. The number of halogens is 2. The number of nitrogens with two attached hydrogens (primary N) is 1. The summed E-state index contributed by atoms with van der Waals surface area (Å²) in [5.41, 5.74) is 6.66. The van der Waals surface area contributed by atoms with Gasteiger partial charge in [-0.2, -0.15) is 0 Å². The maximum absolute atomic E-state index is 11.4. The highest BCUT2D eigenvalue weighted by molar-refractivity contribution is 9.11. The molecule has 0 aliphatic carbocycles. The van der Waals surface area contributed by atoms with E-state index in [1.54, 1.807) is 18.2 Å². The second-order valence-corrected chi connectivity index (χ2v) is 5.75. The number of ether oxygens (including phenoxy) is 1. The average molecular weight is 385 g/mol. The molecule has 98 valence electrons. The fraction of sp³-hybridized carbons (Fsp3) is 0.0714. The lowest BCUT2D eigenvalue weighted by molar-refractivity contribution is 0.101. The maximum Gasteiger partial charge on any atom is 0.162 e. The van der Waals surface area contributed by atoms with E-state index in [9.17, 15) is 4.79 Å². The molecule has 0 atom stereocenters. The van der Waals surface area contributed by atoms with Crippen LogP contribution >= 0.6 is 31.9 Å². The van der Waals surface area contributed by atoms with Gasteiger partial charge in [0.15, 0.2) is 5.78 Å². The van der Waals surface area contributed by atoms with Gasteiger partial charge >= 0.3 is 0 Å². The van der Waals surface area contributed by atoms with Crippen LogP contribution in [-0.4, -0.2) is 5.78 Å². The van der Waals surface area contributed by atoms with Crippen LogP contribution in [0.4, 0.5) is 5.69 Å². The number of rotatable bonds is 3. The van der Waals surface area contributed by atoms with Gasteiger partial charge in [-0.3, -0.25) is 4.79 Å². The zero-order chi connectivity index (χ0) is 14.0. The number of benzene rings is 2. The van der Waals surface area contributed by atoms with Crippen LogP contribution in [0.25, 0.3) is 0 Å². The Labute approximate surface area is 128 Å². The van der Waals surface area contributed by atoms with Crippen molar-refractivity contribution in [2.75, 3.05) is 5.73 Å². The van der Waals surface area contributed by atoms with E-state index in [1.807, 2.05) is 18.2 Å². The lowest BCUT2D eigenvalue weighted by Crippen LogP contribution is -1.99. The van der Waals surface area contributed by atoms with E-state index in [1.165, 1.54) is 6.92 Å². The molecule has 5 heteroatoms. The first-order chi connectivity index (χ1) is 8.97. The molecule has 0 saturated carbocycles. The molecule has 0 spiro atoms. The van der Waals surface area contributed by atoms with Gasteiger partial charge in [-0.15, -0.1) is 0 Å². The smallest absolute Gasteiger partial charge is 0.162 e. The van der Waals surface area contributed by atoms with Gasteiger partial charge in [0.05, 0.1) is 4.47 Å². The van der Waals surface area contributed by atoms with Crippen LogP contribution in [0.1, 0.15) is 17.3 Å². The van der Waals surface area contributed by atoms with E-state index in [2.05, 4.69) is 31.9 Å². The van der Waals surface area contributed by atoms with Gasteiger partial charge in [0.25, 0.3) is 0 Å². The van der Waals surface area contributed by atoms with E-state index in [0.717, 1.165) is 8.95 Å². The third-order valence-electron chi connectivity index (χ3n) is 2.53. The molecule has 0 heterocycles. The van der Waals surface area contributed by atoms with Crippen molar-refractivity contribution in [3.05, 3.63) is 50.9 Å². The molecule has 3 nitrogen and oxygen atoms in total. The van der Waals surface area contributed by atoms with Crippen molar-refractivity contribution in [3.63, 3.8) is 0 Å². The van der Waals surface area contributed by atoms with E-state index in [4.69, 9.17) is 10.5 Å². The van der Waals surface area contributed by atoms with Crippen LogP contribution in [0.2, 0.25) is 0 Å². The van der Waals surface area contributed by atoms with Crippen molar-refractivity contribution in [1.82, 2.24) is 0 Å². The minimum absolute atomic E-state index is 0.0854. The standard InChI is InChI=1S/C14H11Br2NO2/c1-8(18)11-7-10(3-4-13(11)17)19-14-5-2-9(15)6-12(14)16/h2-7H,17H2,1H3. The Morgan fingerprint density at radius 2 is 1.89 bits per heavy atom. The van der Waals surface area contributed by atoms with Crippen molar-refractivity contribution < 1.29 is 9.53 Å². The summed E-state index contributed by atoms with van der Waals surface area (Å²) in [6.45, 7) is 1.48. The summed E-state index contributed by atoms with van der Waals surface area (Å²) in [4.78, 5) is 11.4. The van der Waals surface area contributed by atoms with Gasteiger partial charge in [0, 0.05) is 15.7 Å². The molecule has 0 saturated heterocycles. The molecule has 19 heavy (non-hydrogen) atoms. The largest absolute Gasteiger partial charge is 0.456 e. The minimum Gasteiger partial charge on any atom is -0.456 e. The Balaban J connectivity index is 2.33. The first kappa shape index (κ1) is 14.1. The predicted molar refractivity (Wildman–Crippen MR) is 82.8 cm³/mol. The monoisotopic (exact) mass is 383 g/mol. The molecule has 0 fully saturated rings. The van der Waals surface area contributed by atoms with Gasteiger partial charge in [0.1, 0.15) is 11.5 Å². The number of hydrogen-bond donors (Lipinski definition) is 1. The molecule has 0 aliphatic rings. The molecule has 2 aromatic carbocycles. The minimum atomic E-state index is -0.0854. The summed E-state index contributed by atoms with van der Waals surface area (Å²) in [5, 5.41) is 0. The zero-order valence-electron chi connectivity index (χ0n) is 10.1. The summed E-state index contributed by atoms with van der Waals surface area (Å²) in [6.07, 6.45) is 0. The fourth-order valence-corrected chi connectivity index (χ4v) is 2.72. The highest BCUT2D eigenvalue weighted by atomic mass is 79.9. The first-order valence-electron chi connectivity index (χ1n) is 5.51. The topological polar surface area (TPSA) is 52.3 Å². The Morgan fingerprint density at radius 1 is 1.16 bits per heavy atom. The second kappa shape index (κ2) is 5.75. The zero-order valence-corrected chi connectivity index (χ0v) is 13.3. The molecule has 0 unspecified atom stereocenters. The van der Waals surface area contributed by atoms with Crippen molar-refractivity contribution in [1.29, 1.82) is 0 Å². The van der Waals surface area contributed by atoms with Gasteiger partial charge < -0.3 is 10.5 Å². The van der Waals surface area contributed by atoms with Crippen LogP contribution in [0, 0.1) is 0 Å². The van der Waals surface area contributed by atoms with Crippen molar-refractivity contribution in [2.24, 2.45) is 0 Å². The van der Waals surface area contributed by atoms with Gasteiger partial charge in [-0.05, 0) is 59.3 Å². The van der Waals surface area contributed by atoms with Crippen LogP contribution in [-0.2, 0) is 0 Å². The quantitative estimate of drug-likeness (QED) is 0.611. The number of carbonyl (C=O) groups excluding carboxylic acids is 1. The molecular weight excluding hydrogens is 374 g/mol. The summed E-state index contributed by atoms with van der Waals surface area (Å²) in [7, 11) is 0. The summed E-state index contributed by atoms with van der Waals surface area (Å²) >= 11 is 6.80. The first-order valence-corrected chi connectivity index (χ1v) is 7.09. The van der Waals surface area contributed by atoms with E-state index in [0.29, 0.717) is 22.7 Å². The van der Waals surface area contributed by atoms with Gasteiger partial charge in [-0.1, -0.05) is 15.9 Å². The Hall–Kier alpha value is -1.33. The molecule has 2 N–H and O–H groups in total. The number of Topliss-reactive ketones (excluding diaryl/α,β-unsaturated/α-hetero) is 1. The molecule has 0 bridgehead atoms. The van der Waals surface area contributed by atoms with E-state index >= 15 is 0 Å². The van der Waals surface area contributed by atoms with Crippen molar-refractivity contribution >= 4 is 43.3 Å². The average Bonchev–Trinajstić information content (AvgIpc) is 2.34. The van der Waals surface area contributed by atoms with E-state index in [-0.39, 0.29) is 5.78 Å². The maximum atomic E-state index is 11.4. The summed E-state index contributed by atoms with van der Waals surface area (Å²) < 4.78 is 7.51.